The molecule has 0 aromatic heterocycles. The summed E-state index contributed by atoms with van der Waals surface area (Å²) < 4.78 is 10.6. The highest BCUT2D eigenvalue weighted by atomic mass is 16.6. The van der Waals surface area contributed by atoms with Crippen LogP contribution in [0.25, 0.3) is 0 Å². The van der Waals surface area contributed by atoms with Gasteiger partial charge in [-0.15, -0.1) is 0 Å². The minimum Gasteiger partial charge on any atom is -0.481 e. The van der Waals surface area contributed by atoms with Crippen molar-refractivity contribution < 1.29 is 53.9 Å². The molecule has 1 rings (SSSR count). The predicted octanol–water partition coefficient (Wildman–Crippen LogP) is -4.33. The van der Waals surface area contributed by atoms with Crippen LogP contribution >= 0.6 is 0 Å². The number of ether oxygens (including phenoxy) is 2. The number of nitrogens with one attached hydrogen (secondary N) is 3. The summed E-state index contributed by atoms with van der Waals surface area (Å²) in [7, 11) is 0. The number of carboxylic acids is 1. The highest BCUT2D eigenvalue weighted by Gasteiger charge is 2.47. The molecule has 1 unspecified atom stereocenters. The zero-order valence-corrected chi connectivity index (χ0v) is 19.0. The minimum absolute atomic E-state index is 0.239. The number of aliphatic hydroxyl groups is 3. The summed E-state index contributed by atoms with van der Waals surface area (Å²) in [6.07, 6.45) is -7.74. The Morgan fingerprint density at radius 2 is 1.71 bits per heavy atom. The number of aliphatic hydroxyl groups excluding tert-OH is 3. The Morgan fingerprint density at radius 1 is 1.09 bits per heavy atom. The van der Waals surface area contributed by atoms with Crippen LogP contribution in [0.15, 0.2) is 0 Å². The first-order chi connectivity index (χ1) is 15.8. The maximum absolute atomic E-state index is 12.5. The van der Waals surface area contributed by atoms with Gasteiger partial charge in [-0.3, -0.25) is 24.0 Å². The lowest BCUT2D eigenvalue weighted by atomic mass is 9.96. The fourth-order valence-corrected chi connectivity index (χ4v) is 3.18. The number of rotatable bonds is 12. The molecule has 0 aliphatic carbocycles. The highest BCUT2D eigenvalue weighted by Crippen LogP contribution is 2.23. The number of carbonyl (C=O) groups is 5. The molecule has 0 saturated carbocycles. The number of nitrogens with two attached hydrogens (primary N) is 1. The second-order valence-corrected chi connectivity index (χ2v) is 7.83. The molecule has 0 spiro atoms. The molecule has 9 N–H and O–H groups in total. The molecule has 4 amide bonds. The van der Waals surface area contributed by atoms with Crippen LogP contribution in [0.2, 0.25) is 0 Å². The van der Waals surface area contributed by atoms with Gasteiger partial charge in [-0.25, -0.2) is 0 Å². The smallest absolute Gasteiger partial charge is 0.303 e. The molecule has 1 fully saturated rings. The Hall–Kier alpha value is -2.85. The normalized spacial score (nSPS) is 27.1. The summed E-state index contributed by atoms with van der Waals surface area (Å²) in [5.74, 6) is -4.34. The number of hydrogen-bond acceptors (Lipinski definition) is 10. The molecule has 0 radical (unpaired) electrons. The summed E-state index contributed by atoms with van der Waals surface area (Å²) in [4.78, 5) is 58.4. The quantitative estimate of drug-likeness (QED) is 0.129. The monoisotopic (exact) mass is 492 g/mol. The summed E-state index contributed by atoms with van der Waals surface area (Å²) in [6, 6.07) is -3.71. The molecule has 1 heterocycles. The molecule has 34 heavy (non-hydrogen) atoms. The maximum atomic E-state index is 12.5. The van der Waals surface area contributed by atoms with Crippen molar-refractivity contribution in [3.8, 4) is 0 Å². The molecule has 1 aliphatic rings. The van der Waals surface area contributed by atoms with Crippen molar-refractivity contribution in [1.29, 1.82) is 0 Å². The minimum atomic E-state index is -1.65. The SMILES string of the molecule is CC(=O)N[C@H]1C(O)O[C@H](CO)[C@@H](O)[C@@H]1O[C@H](C)C(=O)N[C@@H](C)C(=O)N[C@@H](CCC(=O)O)C(N)=O. The number of aliphatic carboxylic acids is 1. The number of primary amides is 1. The van der Waals surface area contributed by atoms with Crippen LogP contribution in [0.1, 0.15) is 33.6 Å². The van der Waals surface area contributed by atoms with E-state index in [9.17, 15) is 39.3 Å². The van der Waals surface area contributed by atoms with E-state index in [2.05, 4.69) is 16.0 Å². The van der Waals surface area contributed by atoms with Gasteiger partial charge in [-0.05, 0) is 20.3 Å². The molecule has 194 valence electrons. The van der Waals surface area contributed by atoms with Crippen molar-refractivity contribution >= 4 is 29.6 Å². The lowest BCUT2D eigenvalue weighted by Gasteiger charge is -2.43. The van der Waals surface area contributed by atoms with Gasteiger partial charge in [0.15, 0.2) is 6.29 Å². The van der Waals surface area contributed by atoms with Gasteiger partial charge >= 0.3 is 5.97 Å². The molecule has 1 aliphatic heterocycles. The molecule has 8 atom stereocenters. The van der Waals surface area contributed by atoms with Gasteiger partial charge in [-0.2, -0.15) is 0 Å². The molecule has 0 aromatic carbocycles. The highest BCUT2D eigenvalue weighted by molar-refractivity contribution is 5.92. The van der Waals surface area contributed by atoms with Crippen LogP contribution in [0.5, 0.6) is 0 Å². The maximum Gasteiger partial charge on any atom is 0.303 e. The fourth-order valence-electron chi connectivity index (χ4n) is 3.18. The zero-order chi connectivity index (χ0) is 26.2. The van der Waals surface area contributed by atoms with Crippen molar-refractivity contribution in [2.75, 3.05) is 6.61 Å². The first-order valence-electron chi connectivity index (χ1n) is 10.4. The zero-order valence-electron chi connectivity index (χ0n) is 19.0. The Morgan fingerprint density at radius 3 is 2.21 bits per heavy atom. The Labute approximate surface area is 195 Å². The number of hydrogen-bond donors (Lipinski definition) is 8. The van der Waals surface area contributed by atoms with Gasteiger partial charge in [-0.1, -0.05) is 0 Å². The Balaban J connectivity index is 2.80. The summed E-state index contributed by atoms with van der Waals surface area (Å²) in [5.41, 5.74) is 5.16. The van der Waals surface area contributed by atoms with Gasteiger partial charge in [0.25, 0.3) is 0 Å². The average molecular weight is 492 g/mol. The van der Waals surface area contributed by atoms with Gasteiger partial charge in [0, 0.05) is 13.3 Å². The van der Waals surface area contributed by atoms with E-state index in [4.69, 9.17) is 20.3 Å². The van der Waals surface area contributed by atoms with Gasteiger partial charge in [0.1, 0.15) is 42.5 Å². The number of carbonyl (C=O) groups excluding carboxylic acids is 4. The Bertz CT molecular complexity index is 765. The van der Waals surface area contributed by atoms with Crippen LogP contribution in [-0.4, -0.2) is 105 Å². The molecule has 0 bridgehead atoms. The average Bonchev–Trinajstić information content (AvgIpc) is 2.74. The summed E-state index contributed by atoms with van der Waals surface area (Å²) in [6.45, 7) is 3.06. The number of amides is 4. The molecule has 1 saturated heterocycles. The molecule has 15 heteroatoms. The molecular formula is C19H32N4O11. The third kappa shape index (κ3) is 8.49. The van der Waals surface area contributed by atoms with Crippen molar-refractivity contribution in [3.05, 3.63) is 0 Å². The van der Waals surface area contributed by atoms with Crippen LogP contribution in [0, 0.1) is 0 Å². The van der Waals surface area contributed by atoms with Crippen LogP contribution in [0.3, 0.4) is 0 Å². The van der Waals surface area contributed by atoms with Crippen molar-refractivity contribution in [2.45, 2.75) is 82.4 Å². The van der Waals surface area contributed by atoms with Gasteiger partial charge in [0.05, 0.1) is 6.61 Å². The van der Waals surface area contributed by atoms with E-state index in [-0.39, 0.29) is 6.42 Å². The molecule has 0 aromatic rings. The van der Waals surface area contributed by atoms with E-state index < -0.39 is 91.5 Å². The second kappa shape index (κ2) is 13.1. The van der Waals surface area contributed by atoms with Crippen LogP contribution in [-0.2, 0) is 33.4 Å². The van der Waals surface area contributed by atoms with E-state index >= 15 is 0 Å². The van der Waals surface area contributed by atoms with E-state index in [1.165, 1.54) is 13.8 Å². The molecular weight excluding hydrogens is 460 g/mol. The summed E-state index contributed by atoms with van der Waals surface area (Å²) in [5, 5.41) is 45.5. The third-order valence-electron chi connectivity index (χ3n) is 5.03. The predicted molar refractivity (Wildman–Crippen MR) is 112 cm³/mol. The van der Waals surface area contributed by atoms with Crippen LogP contribution < -0.4 is 21.7 Å². The van der Waals surface area contributed by atoms with E-state index in [1.54, 1.807) is 0 Å². The van der Waals surface area contributed by atoms with E-state index in [0.29, 0.717) is 0 Å². The van der Waals surface area contributed by atoms with Gasteiger partial charge in [0.2, 0.25) is 23.6 Å². The summed E-state index contributed by atoms with van der Waals surface area (Å²) >= 11 is 0. The largest absolute Gasteiger partial charge is 0.481 e. The number of carboxylic acid groups (broad SMARTS) is 1. The van der Waals surface area contributed by atoms with Gasteiger partial charge < -0.3 is 51.6 Å². The van der Waals surface area contributed by atoms with Crippen molar-refractivity contribution in [2.24, 2.45) is 5.73 Å². The second-order valence-electron chi connectivity index (χ2n) is 7.83. The van der Waals surface area contributed by atoms with E-state index in [0.717, 1.165) is 6.92 Å². The third-order valence-corrected chi connectivity index (χ3v) is 5.03. The van der Waals surface area contributed by atoms with Crippen molar-refractivity contribution in [1.82, 2.24) is 16.0 Å². The van der Waals surface area contributed by atoms with Crippen molar-refractivity contribution in [3.63, 3.8) is 0 Å². The lowest BCUT2D eigenvalue weighted by molar-refractivity contribution is -0.266. The first kappa shape index (κ1) is 29.2. The fraction of sp³-hybridized carbons (Fsp3) is 0.737. The van der Waals surface area contributed by atoms with Crippen LogP contribution in [0.4, 0.5) is 0 Å². The Kier molecular flexibility index (Phi) is 11.3. The van der Waals surface area contributed by atoms with E-state index in [1.807, 2.05) is 0 Å². The lowest BCUT2D eigenvalue weighted by Crippen LogP contribution is -2.65. The standard InChI is InChI=1S/C19H32N4O11/c1-7(17(30)23-10(16(20)29)4-5-12(26)27)21-18(31)8(2)33-15-13(22-9(3)25)19(32)34-11(6-24)14(15)28/h7-8,10-11,13-15,19,24,28,32H,4-6H2,1-3H3,(H2,20,29)(H,21,31)(H,22,25)(H,23,30)(H,26,27)/t7-,8+,10-,11+,13+,14+,15+,19?/m0/s1. The first-order valence-corrected chi connectivity index (χ1v) is 10.4. The molecule has 15 nitrogen and oxygen atoms in total. The topological polar surface area (TPSA) is 247 Å².